The second kappa shape index (κ2) is 5.68. The van der Waals surface area contributed by atoms with Gasteiger partial charge in [-0.05, 0) is 26.7 Å². The van der Waals surface area contributed by atoms with Crippen LogP contribution in [0.15, 0.2) is 12.4 Å². The average Bonchev–Trinajstić information content (AvgIpc) is 2.26. The van der Waals surface area contributed by atoms with Gasteiger partial charge in [-0.3, -0.25) is 0 Å². The van der Waals surface area contributed by atoms with Crippen molar-refractivity contribution in [3.63, 3.8) is 0 Å². The molecule has 0 aliphatic heterocycles. The van der Waals surface area contributed by atoms with Crippen LogP contribution in [0.2, 0.25) is 0 Å². The molecule has 0 atom stereocenters. The molecule has 0 unspecified atom stereocenters. The molecule has 0 spiro atoms. The first-order valence-electron chi connectivity index (χ1n) is 5.91. The molecule has 0 radical (unpaired) electrons. The summed E-state index contributed by atoms with van der Waals surface area (Å²) >= 11 is 0. The Balaban J connectivity index is 2.67. The lowest BCUT2D eigenvalue weighted by Gasteiger charge is -2.25. The van der Waals surface area contributed by atoms with Crippen LogP contribution in [0.3, 0.4) is 0 Å². The van der Waals surface area contributed by atoms with Gasteiger partial charge in [0.15, 0.2) is 0 Å². The second-order valence-electron chi connectivity index (χ2n) is 4.58. The zero-order chi connectivity index (χ0) is 12.0. The summed E-state index contributed by atoms with van der Waals surface area (Å²) in [6.45, 7) is 9.55. The highest BCUT2D eigenvalue weighted by atomic mass is 15.1. The van der Waals surface area contributed by atoms with Crippen molar-refractivity contribution in [2.75, 3.05) is 17.2 Å². The summed E-state index contributed by atoms with van der Waals surface area (Å²) in [5.41, 5.74) is 0.0659. The van der Waals surface area contributed by atoms with Crippen LogP contribution in [0.4, 0.5) is 11.6 Å². The molecule has 90 valence electrons. The zero-order valence-corrected chi connectivity index (χ0v) is 10.7. The van der Waals surface area contributed by atoms with Gasteiger partial charge in [0.25, 0.3) is 0 Å². The van der Waals surface area contributed by atoms with Crippen molar-refractivity contribution in [2.45, 2.75) is 46.1 Å². The van der Waals surface area contributed by atoms with E-state index >= 15 is 0 Å². The third-order valence-corrected chi connectivity index (χ3v) is 2.57. The minimum atomic E-state index is 0.0659. The summed E-state index contributed by atoms with van der Waals surface area (Å²) in [4.78, 5) is 8.39. The fourth-order valence-corrected chi connectivity index (χ4v) is 1.21. The van der Waals surface area contributed by atoms with E-state index in [1.54, 1.807) is 6.33 Å². The lowest BCUT2D eigenvalue weighted by molar-refractivity contribution is 0.545. The summed E-state index contributed by atoms with van der Waals surface area (Å²) in [7, 11) is 0. The summed E-state index contributed by atoms with van der Waals surface area (Å²) in [5.74, 6) is 1.76. The highest BCUT2D eigenvalue weighted by Gasteiger charge is 2.14. The largest absolute Gasteiger partial charge is 0.370 e. The van der Waals surface area contributed by atoms with Gasteiger partial charge in [0.1, 0.15) is 18.0 Å². The molecule has 1 heterocycles. The van der Waals surface area contributed by atoms with Crippen molar-refractivity contribution < 1.29 is 0 Å². The number of anilines is 2. The van der Waals surface area contributed by atoms with E-state index in [1.165, 1.54) is 0 Å². The molecule has 0 saturated carbocycles. The van der Waals surface area contributed by atoms with E-state index in [4.69, 9.17) is 0 Å². The maximum Gasteiger partial charge on any atom is 0.131 e. The minimum absolute atomic E-state index is 0.0659. The topological polar surface area (TPSA) is 49.8 Å². The Kier molecular flexibility index (Phi) is 4.52. The Labute approximate surface area is 97.9 Å². The standard InChI is InChI=1S/C12H22N4/c1-5-7-13-10-8-11(15-9-14-10)16-12(3,4)6-2/h8-9H,5-7H2,1-4H3,(H2,13,14,15,16). The lowest BCUT2D eigenvalue weighted by Crippen LogP contribution is -2.30. The van der Waals surface area contributed by atoms with Crippen molar-refractivity contribution in [2.24, 2.45) is 0 Å². The Morgan fingerprint density at radius 3 is 2.50 bits per heavy atom. The number of nitrogens with one attached hydrogen (secondary N) is 2. The number of hydrogen-bond donors (Lipinski definition) is 2. The highest BCUT2D eigenvalue weighted by Crippen LogP contribution is 2.17. The van der Waals surface area contributed by atoms with Gasteiger partial charge in [0, 0.05) is 18.2 Å². The van der Waals surface area contributed by atoms with E-state index in [0.717, 1.165) is 31.0 Å². The molecule has 0 saturated heterocycles. The van der Waals surface area contributed by atoms with Crippen molar-refractivity contribution in [3.8, 4) is 0 Å². The second-order valence-corrected chi connectivity index (χ2v) is 4.58. The fourth-order valence-electron chi connectivity index (χ4n) is 1.21. The normalized spacial score (nSPS) is 11.2. The Bertz CT molecular complexity index is 323. The quantitative estimate of drug-likeness (QED) is 0.777. The predicted molar refractivity (Wildman–Crippen MR) is 68.8 cm³/mol. The van der Waals surface area contributed by atoms with Crippen molar-refractivity contribution in [1.82, 2.24) is 9.97 Å². The SMILES string of the molecule is CCCNc1cc(NC(C)(C)CC)ncn1. The van der Waals surface area contributed by atoms with Gasteiger partial charge in [-0.25, -0.2) is 9.97 Å². The van der Waals surface area contributed by atoms with E-state index in [-0.39, 0.29) is 5.54 Å². The van der Waals surface area contributed by atoms with Crippen LogP contribution < -0.4 is 10.6 Å². The van der Waals surface area contributed by atoms with Crippen LogP contribution in [-0.4, -0.2) is 22.1 Å². The monoisotopic (exact) mass is 222 g/mol. The van der Waals surface area contributed by atoms with Crippen molar-refractivity contribution >= 4 is 11.6 Å². The molecule has 1 rings (SSSR count). The summed E-state index contributed by atoms with van der Waals surface area (Å²) in [5, 5.41) is 6.64. The molecule has 2 N–H and O–H groups in total. The first-order valence-corrected chi connectivity index (χ1v) is 5.91. The Morgan fingerprint density at radius 1 is 1.19 bits per heavy atom. The first-order chi connectivity index (χ1) is 7.57. The zero-order valence-electron chi connectivity index (χ0n) is 10.7. The molecule has 0 aliphatic carbocycles. The maximum absolute atomic E-state index is 4.22. The number of aromatic nitrogens is 2. The summed E-state index contributed by atoms with van der Waals surface area (Å²) in [6, 6.07) is 1.95. The van der Waals surface area contributed by atoms with E-state index in [0.29, 0.717) is 0 Å². The minimum Gasteiger partial charge on any atom is -0.370 e. The molecule has 4 nitrogen and oxygen atoms in total. The molecule has 0 aromatic carbocycles. The van der Waals surface area contributed by atoms with Crippen LogP contribution >= 0.6 is 0 Å². The summed E-state index contributed by atoms with van der Waals surface area (Å²) < 4.78 is 0. The first kappa shape index (κ1) is 12.7. The predicted octanol–water partition coefficient (Wildman–Crippen LogP) is 2.90. The maximum atomic E-state index is 4.22. The van der Waals surface area contributed by atoms with Gasteiger partial charge in [0.05, 0.1) is 0 Å². The van der Waals surface area contributed by atoms with E-state index in [2.05, 4.69) is 48.3 Å². The Morgan fingerprint density at radius 2 is 1.88 bits per heavy atom. The molecule has 16 heavy (non-hydrogen) atoms. The Hall–Kier alpha value is -1.32. The molecule has 4 heteroatoms. The molecular weight excluding hydrogens is 200 g/mol. The molecule has 0 aliphatic rings. The molecule has 1 aromatic heterocycles. The third kappa shape index (κ3) is 4.04. The smallest absolute Gasteiger partial charge is 0.131 e. The van der Waals surface area contributed by atoms with Gasteiger partial charge < -0.3 is 10.6 Å². The third-order valence-electron chi connectivity index (χ3n) is 2.57. The average molecular weight is 222 g/mol. The van der Waals surface area contributed by atoms with Crippen LogP contribution in [0.25, 0.3) is 0 Å². The van der Waals surface area contributed by atoms with Gasteiger partial charge >= 0.3 is 0 Å². The number of hydrogen-bond acceptors (Lipinski definition) is 4. The van der Waals surface area contributed by atoms with E-state index in [1.807, 2.05) is 6.07 Å². The fraction of sp³-hybridized carbons (Fsp3) is 0.667. The number of rotatable bonds is 6. The van der Waals surface area contributed by atoms with E-state index in [9.17, 15) is 0 Å². The number of nitrogens with zero attached hydrogens (tertiary/aromatic N) is 2. The van der Waals surface area contributed by atoms with Crippen LogP contribution in [0, 0.1) is 0 Å². The van der Waals surface area contributed by atoms with Gasteiger partial charge in [-0.15, -0.1) is 0 Å². The van der Waals surface area contributed by atoms with Crippen LogP contribution in [-0.2, 0) is 0 Å². The molecule has 1 aromatic rings. The molecule has 0 bridgehead atoms. The molecule has 0 amide bonds. The van der Waals surface area contributed by atoms with E-state index < -0.39 is 0 Å². The van der Waals surface area contributed by atoms with Crippen LogP contribution in [0.5, 0.6) is 0 Å². The molecular formula is C12H22N4. The van der Waals surface area contributed by atoms with Crippen molar-refractivity contribution in [1.29, 1.82) is 0 Å². The molecule has 0 fully saturated rings. The van der Waals surface area contributed by atoms with Gasteiger partial charge in [-0.1, -0.05) is 13.8 Å². The van der Waals surface area contributed by atoms with Crippen molar-refractivity contribution in [3.05, 3.63) is 12.4 Å². The highest BCUT2D eigenvalue weighted by molar-refractivity contribution is 5.47. The van der Waals surface area contributed by atoms with Gasteiger partial charge in [0.2, 0.25) is 0 Å². The summed E-state index contributed by atoms with van der Waals surface area (Å²) in [6.07, 6.45) is 3.73. The van der Waals surface area contributed by atoms with Gasteiger partial charge in [-0.2, -0.15) is 0 Å². The lowest BCUT2D eigenvalue weighted by atomic mass is 10.0. The van der Waals surface area contributed by atoms with Crippen LogP contribution in [0.1, 0.15) is 40.5 Å².